The number of anilines is 1. The Morgan fingerprint density at radius 2 is 1.81 bits per heavy atom. The van der Waals surface area contributed by atoms with Gasteiger partial charge in [-0.2, -0.15) is 0 Å². The molecule has 1 amide bonds. The highest BCUT2D eigenvalue weighted by Crippen LogP contribution is 2.28. The number of hydrogen-bond donors (Lipinski definition) is 2. The van der Waals surface area contributed by atoms with E-state index in [9.17, 15) is 9.18 Å². The zero-order chi connectivity index (χ0) is 22.7. The molecule has 7 heteroatoms. The van der Waals surface area contributed by atoms with Crippen molar-refractivity contribution in [1.29, 1.82) is 0 Å². The number of thiocarbonyl (C=S) groups is 1. The lowest BCUT2D eigenvalue weighted by atomic mass is 9.98. The zero-order valence-corrected chi connectivity index (χ0v) is 18.5. The zero-order valence-electron chi connectivity index (χ0n) is 17.7. The number of aromatic nitrogens is 1. The molecule has 4 rings (SSSR count). The summed E-state index contributed by atoms with van der Waals surface area (Å²) in [6.45, 7) is 4.36. The van der Waals surface area contributed by atoms with E-state index in [4.69, 9.17) is 16.6 Å². The summed E-state index contributed by atoms with van der Waals surface area (Å²) in [5.41, 5.74) is 4.68. The van der Waals surface area contributed by atoms with Gasteiger partial charge in [0, 0.05) is 16.8 Å². The molecule has 32 heavy (non-hydrogen) atoms. The Morgan fingerprint density at radius 3 is 2.50 bits per heavy atom. The van der Waals surface area contributed by atoms with E-state index < -0.39 is 11.7 Å². The van der Waals surface area contributed by atoms with Gasteiger partial charge in [0.2, 0.25) is 5.89 Å². The number of hydrogen-bond acceptors (Lipinski definition) is 4. The maximum absolute atomic E-state index is 13.0. The van der Waals surface area contributed by atoms with Crippen LogP contribution in [0.25, 0.3) is 22.6 Å². The first kappa shape index (κ1) is 21.6. The first-order valence-electron chi connectivity index (χ1n) is 10.3. The van der Waals surface area contributed by atoms with Gasteiger partial charge in [0.25, 0.3) is 5.91 Å². The smallest absolute Gasteiger partial charge is 0.257 e. The quantitative estimate of drug-likeness (QED) is 0.353. The van der Waals surface area contributed by atoms with Crippen LogP contribution in [-0.2, 0) is 0 Å². The number of amides is 1. The van der Waals surface area contributed by atoms with E-state index in [2.05, 4.69) is 41.6 Å². The van der Waals surface area contributed by atoms with E-state index in [0.29, 0.717) is 23.1 Å². The molecule has 0 aliphatic heterocycles. The third-order valence-electron chi connectivity index (χ3n) is 5.32. The minimum Gasteiger partial charge on any atom is -0.436 e. The number of halogens is 1. The highest BCUT2D eigenvalue weighted by Gasteiger charge is 2.12. The van der Waals surface area contributed by atoms with Gasteiger partial charge in [0.1, 0.15) is 11.3 Å². The number of rotatable bonds is 5. The molecular weight excluding hydrogens is 425 g/mol. The Balaban J connectivity index is 1.43. The molecule has 0 saturated carbocycles. The van der Waals surface area contributed by atoms with Crippen molar-refractivity contribution in [3.05, 3.63) is 83.7 Å². The lowest BCUT2D eigenvalue weighted by Gasteiger charge is -2.10. The van der Waals surface area contributed by atoms with Crippen molar-refractivity contribution in [2.24, 2.45) is 0 Å². The van der Waals surface area contributed by atoms with Crippen LogP contribution in [-0.4, -0.2) is 16.0 Å². The summed E-state index contributed by atoms with van der Waals surface area (Å²) < 4.78 is 18.9. The minimum absolute atomic E-state index is 0.145. The maximum atomic E-state index is 13.0. The van der Waals surface area contributed by atoms with Crippen molar-refractivity contribution in [3.63, 3.8) is 0 Å². The molecule has 5 nitrogen and oxygen atoms in total. The number of oxazole rings is 1. The molecule has 0 fully saturated rings. The van der Waals surface area contributed by atoms with E-state index >= 15 is 0 Å². The van der Waals surface area contributed by atoms with Gasteiger partial charge in [-0.3, -0.25) is 10.1 Å². The van der Waals surface area contributed by atoms with Gasteiger partial charge >= 0.3 is 0 Å². The maximum Gasteiger partial charge on any atom is 0.257 e. The Labute approximate surface area is 190 Å². The fourth-order valence-corrected chi connectivity index (χ4v) is 3.46. The molecular formula is C25H22FN3O2S. The summed E-state index contributed by atoms with van der Waals surface area (Å²) in [7, 11) is 0. The molecule has 4 aromatic rings. The van der Waals surface area contributed by atoms with Crippen LogP contribution in [0.2, 0.25) is 0 Å². The Bertz CT molecular complexity index is 1270. The van der Waals surface area contributed by atoms with Gasteiger partial charge in [0.05, 0.1) is 0 Å². The molecule has 0 bridgehead atoms. The monoisotopic (exact) mass is 447 g/mol. The van der Waals surface area contributed by atoms with E-state index in [1.54, 1.807) is 0 Å². The van der Waals surface area contributed by atoms with Crippen LogP contribution in [0.4, 0.5) is 10.1 Å². The van der Waals surface area contributed by atoms with Crippen LogP contribution in [0.15, 0.2) is 71.1 Å². The van der Waals surface area contributed by atoms with Crippen LogP contribution < -0.4 is 10.6 Å². The summed E-state index contributed by atoms with van der Waals surface area (Å²) >= 11 is 5.20. The Hall–Kier alpha value is -3.58. The number of fused-ring (bicyclic) bond motifs is 1. The molecule has 1 heterocycles. The van der Waals surface area contributed by atoms with Crippen molar-refractivity contribution in [1.82, 2.24) is 10.3 Å². The minimum atomic E-state index is -0.414. The second-order valence-corrected chi connectivity index (χ2v) is 7.96. The summed E-state index contributed by atoms with van der Waals surface area (Å²) in [5.74, 6) is 0.192. The normalized spacial score (nSPS) is 11.8. The van der Waals surface area contributed by atoms with E-state index in [1.165, 1.54) is 29.8 Å². The molecule has 2 N–H and O–H groups in total. The van der Waals surface area contributed by atoms with Crippen LogP contribution in [0, 0.1) is 5.82 Å². The lowest BCUT2D eigenvalue weighted by Crippen LogP contribution is -2.34. The number of nitrogens with one attached hydrogen (secondary N) is 2. The number of carbonyl (C=O) groups is 1. The molecule has 0 saturated heterocycles. The number of carbonyl (C=O) groups excluding carboxylic acids is 1. The molecule has 0 radical (unpaired) electrons. The van der Waals surface area contributed by atoms with Crippen molar-refractivity contribution in [2.45, 2.75) is 26.2 Å². The van der Waals surface area contributed by atoms with E-state index in [-0.39, 0.29) is 5.11 Å². The summed E-state index contributed by atoms with van der Waals surface area (Å²) in [5, 5.41) is 5.68. The van der Waals surface area contributed by atoms with Crippen molar-refractivity contribution in [2.75, 3.05) is 5.32 Å². The van der Waals surface area contributed by atoms with Gasteiger partial charge in [-0.05, 0) is 90.8 Å². The second kappa shape index (κ2) is 9.28. The van der Waals surface area contributed by atoms with Crippen molar-refractivity contribution < 1.29 is 13.6 Å². The van der Waals surface area contributed by atoms with Crippen molar-refractivity contribution in [3.8, 4) is 11.5 Å². The average Bonchev–Trinajstić information content (AvgIpc) is 3.22. The number of benzene rings is 3. The predicted molar refractivity (Wildman–Crippen MR) is 128 cm³/mol. The largest absolute Gasteiger partial charge is 0.436 e. The third-order valence-corrected chi connectivity index (χ3v) is 5.52. The van der Waals surface area contributed by atoms with Crippen LogP contribution in [0.5, 0.6) is 0 Å². The Kier molecular flexibility index (Phi) is 6.28. The number of nitrogens with zero attached hydrogens (tertiary/aromatic N) is 1. The molecule has 1 atom stereocenters. The molecule has 0 unspecified atom stereocenters. The first-order valence-corrected chi connectivity index (χ1v) is 10.7. The molecule has 0 aliphatic carbocycles. The molecule has 0 spiro atoms. The molecule has 162 valence electrons. The predicted octanol–water partition coefficient (Wildman–Crippen LogP) is 6.27. The molecule has 0 aliphatic rings. The van der Waals surface area contributed by atoms with Gasteiger partial charge in [0.15, 0.2) is 10.7 Å². The van der Waals surface area contributed by atoms with Crippen LogP contribution in [0.3, 0.4) is 0 Å². The van der Waals surface area contributed by atoms with Crippen LogP contribution in [0.1, 0.15) is 42.1 Å². The van der Waals surface area contributed by atoms with Crippen LogP contribution >= 0.6 is 12.2 Å². The summed E-state index contributed by atoms with van der Waals surface area (Å²) in [4.78, 5) is 16.8. The van der Waals surface area contributed by atoms with Gasteiger partial charge in [-0.25, -0.2) is 9.37 Å². The topological polar surface area (TPSA) is 67.2 Å². The van der Waals surface area contributed by atoms with E-state index in [0.717, 1.165) is 23.1 Å². The van der Waals surface area contributed by atoms with Gasteiger partial charge in [-0.1, -0.05) is 19.9 Å². The van der Waals surface area contributed by atoms with Gasteiger partial charge in [-0.15, -0.1) is 0 Å². The fourth-order valence-electron chi connectivity index (χ4n) is 3.25. The summed E-state index contributed by atoms with van der Waals surface area (Å²) in [6, 6.07) is 18.8. The fraction of sp³-hybridized carbons (Fsp3) is 0.160. The van der Waals surface area contributed by atoms with Crippen molar-refractivity contribution >= 4 is 40.0 Å². The average molecular weight is 448 g/mol. The van der Waals surface area contributed by atoms with Gasteiger partial charge < -0.3 is 9.73 Å². The Morgan fingerprint density at radius 1 is 1.09 bits per heavy atom. The highest BCUT2D eigenvalue weighted by atomic mass is 32.1. The second-order valence-electron chi connectivity index (χ2n) is 7.55. The highest BCUT2D eigenvalue weighted by molar-refractivity contribution is 7.80. The SMILES string of the molecule is CC[C@H](C)c1ccc2oc(-c3ccc(NC(=S)NC(=O)c4ccc(F)cc4)cc3)nc2c1. The lowest BCUT2D eigenvalue weighted by molar-refractivity contribution is 0.0977. The summed E-state index contributed by atoms with van der Waals surface area (Å²) in [6.07, 6.45) is 1.07. The van der Waals surface area contributed by atoms with E-state index in [1.807, 2.05) is 30.3 Å². The molecule has 3 aromatic carbocycles. The standard InChI is InChI=1S/C25H22FN3O2S/c1-3-15(2)18-8-13-22-21(14-18)28-24(31-22)17-6-11-20(12-7-17)27-25(32)29-23(30)16-4-9-19(26)10-5-16/h4-15H,3H2,1-2H3,(H2,27,29,30,32)/t15-/m0/s1. The third kappa shape index (κ3) is 4.84. The first-order chi connectivity index (χ1) is 15.4. The molecule has 1 aromatic heterocycles.